The number of aromatic nitrogens is 4. The van der Waals surface area contributed by atoms with Crippen molar-refractivity contribution in [2.45, 2.75) is 44.8 Å². The van der Waals surface area contributed by atoms with E-state index in [4.69, 9.17) is 31.8 Å². The summed E-state index contributed by atoms with van der Waals surface area (Å²) >= 11 is 6.36. The van der Waals surface area contributed by atoms with Gasteiger partial charge < -0.3 is 25.4 Å². The number of carbonyl (C=O) groups is 1. The lowest BCUT2D eigenvalue weighted by Crippen LogP contribution is -2.46. The topological polar surface area (TPSA) is 130 Å². The van der Waals surface area contributed by atoms with E-state index in [0.717, 1.165) is 24.2 Å². The van der Waals surface area contributed by atoms with Gasteiger partial charge in [-0.1, -0.05) is 35.9 Å². The standard InChI is InChI=1S/C32H36ClN7O4/c1-20-28(32(42)40(38(20)2)27-9-4-3-8-25(27)33)31(41)36-22-10-14-39(15-11-22)30-29(34)35-19-26(37-30)21-6-5-7-24(18-21)44-23-12-16-43-17-13-23/h3-9,18-19,22-23H,10-17H2,1-2H3,(H2,34,35)(H,36,41). The van der Waals surface area contributed by atoms with Crippen molar-refractivity contribution < 1.29 is 14.3 Å². The maximum absolute atomic E-state index is 13.4. The molecule has 0 aliphatic carbocycles. The number of piperidine rings is 1. The molecule has 11 nitrogen and oxygen atoms in total. The molecule has 0 saturated carbocycles. The van der Waals surface area contributed by atoms with E-state index in [9.17, 15) is 9.59 Å². The minimum Gasteiger partial charge on any atom is -0.490 e. The Morgan fingerprint density at radius 3 is 2.59 bits per heavy atom. The van der Waals surface area contributed by atoms with Gasteiger partial charge in [0.1, 0.15) is 17.4 Å². The van der Waals surface area contributed by atoms with Gasteiger partial charge in [0, 0.05) is 44.6 Å². The second kappa shape index (κ2) is 12.7. The molecule has 2 saturated heterocycles. The zero-order chi connectivity index (χ0) is 30.8. The number of anilines is 2. The number of nitrogens with two attached hydrogens (primary N) is 1. The first-order valence-corrected chi connectivity index (χ1v) is 15.2. The first-order chi connectivity index (χ1) is 21.3. The molecule has 3 N–H and O–H groups in total. The maximum Gasteiger partial charge on any atom is 0.284 e. The molecule has 2 aromatic carbocycles. The molecular formula is C32H36ClN7O4. The molecule has 44 heavy (non-hydrogen) atoms. The molecule has 0 atom stereocenters. The minimum atomic E-state index is -0.407. The van der Waals surface area contributed by atoms with Crippen LogP contribution in [0.25, 0.3) is 16.9 Å². The minimum absolute atomic E-state index is 0.108. The molecule has 4 heterocycles. The average molecular weight is 618 g/mol. The summed E-state index contributed by atoms with van der Waals surface area (Å²) in [5, 5.41) is 3.50. The van der Waals surface area contributed by atoms with Crippen LogP contribution in [0.5, 0.6) is 5.75 Å². The quantitative estimate of drug-likeness (QED) is 0.317. The van der Waals surface area contributed by atoms with E-state index in [1.165, 1.54) is 4.68 Å². The Hall–Kier alpha value is -4.35. The number of nitrogen functional groups attached to an aromatic ring is 1. The number of para-hydroxylation sites is 1. The first-order valence-electron chi connectivity index (χ1n) is 14.9. The van der Waals surface area contributed by atoms with Crippen molar-refractivity contribution in [1.29, 1.82) is 0 Å². The molecule has 2 aliphatic rings. The lowest BCUT2D eigenvalue weighted by Gasteiger charge is -2.33. The van der Waals surface area contributed by atoms with E-state index in [1.54, 1.807) is 49.1 Å². The van der Waals surface area contributed by atoms with Gasteiger partial charge in [-0.15, -0.1) is 0 Å². The Balaban J connectivity index is 1.12. The number of benzene rings is 2. The van der Waals surface area contributed by atoms with Crippen LogP contribution in [0.4, 0.5) is 11.6 Å². The molecule has 12 heteroatoms. The van der Waals surface area contributed by atoms with Gasteiger partial charge in [-0.25, -0.2) is 14.6 Å². The summed E-state index contributed by atoms with van der Waals surface area (Å²) in [6.07, 6.45) is 4.89. The summed E-state index contributed by atoms with van der Waals surface area (Å²) < 4.78 is 14.7. The van der Waals surface area contributed by atoms with Gasteiger partial charge in [-0.2, -0.15) is 0 Å². The molecular weight excluding hydrogens is 582 g/mol. The van der Waals surface area contributed by atoms with Crippen molar-refractivity contribution in [3.8, 4) is 22.7 Å². The summed E-state index contributed by atoms with van der Waals surface area (Å²) in [6.45, 7) is 4.43. The van der Waals surface area contributed by atoms with E-state index < -0.39 is 11.5 Å². The van der Waals surface area contributed by atoms with E-state index in [-0.39, 0.29) is 17.7 Å². The molecule has 6 rings (SSSR count). The van der Waals surface area contributed by atoms with E-state index in [1.807, 2.05) is 24.3 Å². The molecule has 4 aromatic rings. The van der Waals surface area contributed by atoms with Gasteiger partial charge >= 0.3 is 0 Å². The molecule has 0 spiro atoms. The largest absolute Gasteiger partial charge is 0.490 e. The third-order valence-electron chi connectivity index (χ3n) is 8.37. The van der Waals surface area contributed by atoms with E-state index in [2.05, 4.69) is 15.2 Å². The number of nitrogens with one attached hydrogen (secondary N) is 1. The molecule has 1 amide bonds. The van der Waals surface area contributed by atoms with E-state index in [0.29, 0.717) is 72.9 Å². The van der Waals surface area contributed by atoms with Gasteiger partial charge in [-0.3, -0.25) is 14.3 Å². The molecule has 0 bridgehead atoms. The smallest absolute Gasteiger partial charge is 0.284 e. The third kappa shape index (κ3) is 6.02. The van der Waals surface area contributed by atoms with Gasteiger partial charge in [0.2, 0.25) is 0 Å². The fourth-order valence-electron chi connectivity index (χ4n) is 5.83. The lowest BCUT2D eigenvalue weighted by atomic mass is 10.0. The first kappa shape index (κ1) is 29.7. The number of hydrogen-bond donors (Lipinski definition) is 2. The van der Waals surface area contributed by atoms with Crippen LogP contribution in [0.15, 0.2) is 59.5 Å². The number of nitrogens with zero attached hydrogens (tertiary/aromatic N) is 5. The summed E-state index contributed by atoms with van der Waals surface area (Å²) in [5.41, 5.74) is 8.67. The Morgan fingerprint density at radius 2 is 1.84 bits per heavy atom. The van der Waals surface area contributed by atoms with Crippen molar-refractivity contribution >= 4 is 29.1 Å². The van der Waals surface area contributed by atoms with Crippen LogP contribution in [-0.4, -0.2) is 63.7 Å². The second-order valence-corrected chi connectivity index (χ2v) is 11.6. The van der Waals surface area contributed by atoms with Crippen molar-refractivity contribution in [3.63, 3.8) is 0 Å². The summed E-state index contributed by atoms with van der Waals surface area (Å²) in [6, 6.07) is 14.8. The normalized spacial score (nSPS) is 16.2. The zero-order valence-electron chi connectivity index (χ0n) is 24.8. The highest BCUT2D eigenvalue weighted by Crippen LogP contribution is 2.29. The highest BCUT2D eigenvalue weighted by molar-refractivity contribution is 6.32. The average Bonchev–Trinajstić information content (AvgIpc) is 3.25. The Bertz CT molecular complexity index is 1720. The Morgan fingerprint density at radius 1 is 1.09 bits per heavy atom. The Labute approximate surface area is 260 Å². The lowest BCUT2D eigenvalue weighted by molar-refractivity contribution is 0.0256. The molecule has 0 radical (unpaired) electrons. The molecule has 0 unspecified atom stereocenters. The SMILES string of the molecule is Cc1c(C(=O)NC2CCN(c3nc(-c4cccc(OC5CCOCC5)c4)cnc3N)CC2)c(=O)n(-c2ccccc2Cl)n1C. The fraction of sp³-hybridized carbons (Fsp3) is 0.375. The number of amides is 1. The monoisotopic (exact) mass is 617 g/mol. The van der Waals surface area contributed by atoms with Crippen molar-refractivity contribution in [2.24, 2.45) is 7.05 Å². The van der Waals surface area contributed by atoms with Crippen molar-refractivity contribution in [3.05, 3.63) is 81.4 Å². The number of carbonyl (C=O) groups excluding carboxylic acids is 1. The Kier molecular flexibility index (Phi) is 8.58. The van der Waals surface area contributed by atoms with Crippen LogP contribution >= 0.6 is 11.6 Å². The van der Waals surface area contributed by atoms with Crippen LogP contribution in [0.1, 0.15) is 41.7 Å². The van der Waals surface area contributed by atoms with Crippen LogP contribution < -0.4 is 26.2 Å². The second-order valence-electron chi connectivity index (χ2n) is 11.2. The number of ether oxygens (including phenoxy) is 2. The van der Waals surface area contributed by atoms with Gasteiger partial charge in [0.25, 0.3) is 11.5 Å². The number of rotatable bonds is 7. The van der Waals surface area contributed by atoms with Crippen LogP contribution in [-0.2, 0) is 11.8 Å². The molecule has 2 aliphatic heterocycles. The highest BCUT2D eigenvalue weighted by Gasteiger charge is 2.28. The zero-order valence-corrected chi connectivity index (χ0v) is 25.6. The predicted octanol–water partition coefficient (Wildman–Crippen LogP) is 4.13. The van der Waals surface area contributed by atoms with Crippen LogP contribution in [0.3, 0.4) is 0 Å². The predicted molar refractivity (Wildman–Crippen MR) is 170 cm³/mol. The summed E-state index contributed by atoms with van der Waals surface area (Å²) in [5.74, 6) is 1.37. The van der Waals surface area contributed by atoms with E-state index >= 15 is 0 Å². The van der Waals surface area contributed by atoms with Gasteiger partial charge in [0.15, 0.2) is 11.6 Å². The van der Waals surface area contributed by atoms with Gasteiger partial charge in [0.05, 0.1) is 41.5 Å². The summed E-state index contributed by atoms with van der Waals surface area (Å²) in [4.78, 5) is 38.1. The van der Waals surface area contributed by atoms with Crippen LogP contribution in [0.2, 0.25) is 5.02 Å². The van der Waals surface area contributed by atoms with Crippen LogP contribution in [0, 0.1) is 6.92 Å². The maximum atomic E-state index is 13.4. The van der Waals surface area contributed by atoms with Crippen molar-refractivity contribution in [1.82, 2.24) is 24.6 Å². The highest BCUT2D eigenvalue weighted by atomic mass is 35.5. The fourth-order valence-corrected chi connectivity index (χ4v) is 6.05. The molecule has 230 valence electrons. The molecule has 2 aromatic heterocycles. The third-order valence-corrected chi connectivity index (χ3v) is 8.69. The van der Waals surface area contributed by atoms with Gasteiger partial charge in [-0.05, 0) is 44.0 Å². The number of halogens is 1. The summed E-state index contributed by atoms with van der Waals surface area (Å²) in [7, 11) is 1.74. The number of hydrogen-bond acceptors (Lipinski definition) is 8. The van der Waals surface area contributed by atoms with Crippen molar-refractivity contribution in [2.75, 3.05) is 36.9 Å². The molecule has 2 fully saturated rings.